The molecule has 0 aliphatic heterocycles. The van der Waals surface area contributed by atoms with Crippen molar-refractivity contribution in [2.75, 3.05) is 6.61 Å². The molecule has 0 radical (unpaired) electrons. The molecule has 0 rings (SSSR count). The molecule has 0 unspecified atom stereocenters. The summed E-state index contributed by atoms with van der Waals surface area (Å²) < 4.78 is 4.64. The second-order valence-corrected chi connectivity index (χ2v) is 2.74. The Labute approximate surface area is 71.5 Å². The van der Waals surface area contributed by atoms with Crippen LogP contribution in [0.4, 0.5) is 0 Å². The molecule has 0 aliphatic carbocycles. The summed E-state index contributed by atoms with van der Waals surface area (Å²) in [5.74, 6) is -0.736. The predicted octanol–water partition coefficient (Wildman–Crippen LogP) is 0.280. The summed E-state index contributed by atoms with van der Waals surface area (Å²) >= 11 is 0. The SMILES string of the molecule is CC(=O)CC(=O)OCC[C@@H](C)O. The molecular weight excluding hydrogens is 160 g/mol. The van der Waals surface area contributed by atoms with Crippen LogP contribution in [0.1, 0.15) is 26.7 Å². The zero-order valence-corrected chi connectivity index (χ0v) is 7.37. The third-order valence-corrected chi connectivity index (χ3v) is 1.19. The van der Waals surface area contributed by atoms with Crippen molar-refractivity contribution in [3.05, 3.63) is 0 Å². The number of Topliss-reactive ketones (excluding diaryl/α,β-unsaturated/α-hetero) is 1. The lowest BCUT2D eigenvalue weighted by atomic mass is 10.3. The van der Waals surface area contributed by atoms with E-state index in [9.17, 15) is 9.59 Å². The number of hydrogen-bond acceptors (Lipinski definition) is 4. The van der Waals surface area contributed by atoms with Gasteiger partial charge in [-0.15, -0.1) is 0 Å². The lowest BCUT2D eigenvalue weighted by Crippen LogP contribution is -2.12. The van der Waals surface area contributed by atoms with Crippen molar-refractivity contribution in [3.8, 4) is 0 Å². The fourth-order valence-electron chi connectivity index (χ4n) is 0.598. The van der Waals surface area contributed by atoms with E-state index in [1.54, 1.807) is 6.92 Å². The van der Waals surface area contributed by atoms with Crippen LogP contribution in [0, 0.1) is 0 Å². The number of rotatable bonds is 5. The molecule has 0 heterocycles. The molecule has 0 amide bonds. The van der Waals surface area contributed by atoms with Gasteiger partial charge in [-0.2, -0.15) is 0 Å². The molecular formula is C8H14O4. The minimum atomic E-state index is -0.525. The molecule has 0 spiro atoms. The van der Waals surface area contributed by atoms with E-state index in [1.165, 1.54) is 6.92 Å². The highest BCUT2D eigenvalue weighted by molar-refractivity contribution is 5.94. The third kappa shape index (κ3) is 7.21. The van der Waals surface area contributed by atoms with Gasteiger partial charge < -0.3 is 9.84 Å². The number of aliphatic hydroxyl groups is 1. The number of carbonyl (C=O) groups excluding carboxylic acids is 2. The van der Waals surface area contributed by atoms with Crippen LogP contribution >= 0.6 is 0 Å². The van der Waals surface area contributed by atoms with Gasteiger partial charge in [-0.05, 0) is 13.8 Å². The number of esters is 1. The van der Waals surface area contributed by atoms with Crippen LogP contribution in [0.15, 0.2) is 0 Å². The topological polar surface area (TPSA) is 63.6 Å². The van der Waals surface area contributed by atoms with E-state index in [2.05, 4.69) is 4.74 Å². The number of aliphatic hydroxyl groups excluding tert-OH is 1. The molecule has 12 heavy (non-hydrogen) atoms. The summed E-state index contributed by atoms with van der Waals surface area (Å²) in [6.45, 7) is 3.11. The van der Waals surface area contributed by atoms with Crippen LogP contribution in [0.2, 0.25) is 0 Å². The Kier molecular flexibility index (Phi) is 5.28. The predicted molar refractivity (Wildman–Crippen MR) is 42.6 cm³/mol. The average Bonchev–Trinajstić information content (AvgIpc) is 1.84. The van der Waals surface area contributed by atoms with Crippen LogP contribution in [0.3, 0.4) is 0 Å². The lowest BCUT2D eigenvalue weighted by Gasteiger charge is -2.04. The maximum Gasteiger partial charge on any atom is 0.313 e. The Morgan fingerprint density at radius 3 is 2.50 bits per heavy atom. The molecule has 0 saturated heterocycles. The summed E-state index contributed by atoms with van der Waals surface area (Å²) in [4.78, 5) is 21.1. The second kappa shape index (κ2) is 5.71. The quantitative estimate of drug-likeness (QED) is 0.480. The highest BCUT2D eigenvalue weighted by Gasteiger charge is 2.06. The van der Waals surface area contributed by atoms with E-state index in [-0.39, 0.29) is 18.8 Å². The highest BCUT2D eigenvalue weighted by atomic mass is 16.5. The molecule has 0 bridgehead atoms. The highest BCUT2D eigenvalue weighted by Crippen LogP contribution is 1.93. The van der Waals surface area contributed by atoms with Crippen LogP contribution in [0.5, 0.6) is 0 Å². The molecule has 1 N–H and O–H groups in total. The van der Waals surface area contributed by atoms with E-state index in [0.29, 0.717) is 6.42 Å². The first-order valence-corrected chi connectivity index (χ1v) is 3.85. The molecule has 4 nitrogen and oxygen atoms in total. The molecule has 0 fully saturated rings. The van der Waals surface area contributed by atoms with E-state index >= 15 is 0 Å². The summed E-state index contributed by atoms with van der Waals surface area (Å²) in [6, 6.07) is 0. The number of ketones is 1. The van der Waals surface area contributed by atoms with Crippen molar-refractivity contribution in [3.63, 3.8) is 0 Å². The zero-order chi connectivity index (χ0) is 9.56. The standard InChI is InChI=1S/C8H14O4/c1-6(9)3-4-12-8(11)5-7(2)10/h6,9H,3-5H2,1-2H3/t6-/m1/s1. The first-order valence-electron chi connectivity index (χ1n) is 3.85. The fraction of sp³-hybridized carbons (Fsp3) is 0.750. The van der Waals surface area contributed by atoms with Gasteiger partial charge in [-0.3, -0.25) is 9.59 Å². The molecule has 0 aromatic heterocycles. The fourth-order valence-corrected chi connectivity index (χ4v) is 0.598. The zero-order valence-electron chi connectivity index (χ0n) is 7.37. The Hall–Kier alpha value is -0.900. The van der Waals surface area contributed by atoms with Gasteiger partial charge in [0.15, 0.2) is 0 Å². The summed E-state index contributed by atoms with van der Waals surface area (Å²) in [5.41, 5.74) is 0. The average molecular weight is 174 g/mol. The van der Waals surface area contributed by atoms with Gasteiger partial charge in [0, 0.05) is 6.42 Å². The van der Waals surface area contributed by atoms with Crippen molar-refractivity contribution < 1.29 is 19.4 Å². The Balaban J connectivity index is 3.38. The van der Waals surface area contributed by atoms with Crippen molar-refractivity contribution in [1.29, 1.82) is 0 Å². The van der Waals surface area contributed by atoms with Gasteiger partial charge in [-0.25, -0.2) is 0 Å². The summed E-state index contributed by atoms with van der Waals surface area (Å²) in [6.07, 6.45) is -0.251. The van der Waals surface area contributed by atoms with Gasteiger partial charge in [0.2, 0.25) is 0 Å². The first kappa shape index (κ1) is 11.1. The monoisotopic (exact) mass is 174 g/mol. The molecule has 0 aromatic carbocycles. The Morgan fingerprint density at radius 2 is 2.08 bits per heavy atom. The van der Waals surface area contributed by atoms with Gasteiger partial charge in [0.1, 0.15) is 12.2 Å². The van der Waals surface area contributed by atoms with Crippen LogP contribution in [-0.4, -0.2) is 29.6 Å². The van der Waals surface area contributed by atoms with Crippen molar-refractivity contribution in [1.82, 2.24) is 0 Å². The van der Waals surface area contributed by atoms with Gasteiger partial charge >= 0.3 is 5.97 Å². The summed E-state index contributed by atoms with van der Waals surface area (Å²) in [7, 11) is 0. The van der Waals surface area contributed by atoms with Crippen molar-refractivity contribution >= 4 is 11.8 Å². The third-order valence-electron chi connectivity index (χ3n) is 1.19. The number of ether oxygens (including phenoxy) is 1. The van der Waals surface area contributed by atoms with Crippen molar-refractivity contribution in [2.45, 2.75) is 32.8 Å². The number of hydrogen-bond donors (Lipinski definition) is 1. The molecule has 70 valence electrons. The van der Waals surface area contributed by atoms with Crippen LogP contribution in [-0.2, 0) is 14.3 Å². The molecule has 0 aliphatic rings. The largest absolute Gasteiger partial charge is 0.465 e. The van der Waals surface area contributed by atoms with Crippen molar-refractivity contribution in [2.24, 2.45) is 0 Å². The lowest BCUT2D eigenvalue weighted by molar-refractivity contribution is -0.146. The molecule has 0 saturated carbocycles. The van der Waals surface area contributed by atoms with E-state index in [1.807, 2.05) is 0 Å². The normalized spacial score (nSPS) is 12.2. The second-order valence-electron chi connectivity index (χ2n) is 2.74. The van der Waals surface area contributed by atoms with E-state index in [4.69, 9.17) is 5.11 Å². The smallest absolute Gasteiger partial charge is 0.313 e. The Bertz CT molecular complexity index is 162. The van der Waals surface area contributed by atoms with Crippen LogP contribution < -0.4 is 0 Å². The van der Waals surface area contributed by atoms with E-state index in [0.717, 1.165) is 0 Å². The van der Waals surface area contributed by atoms with Crippen LogP contribution in [0.25, 0.3) is 0 Å². The molecule has 0 aromatic rings. The maximum absolute atomic E-state index is 10.7. The minimum absolute atomic E-state index is 0.170. The number of carbonyl (C=O) groups is 2. The van der Waals surface area contributed by atoms with Gasteiger partial charge in [0.05, 0.1) is 12.7 Å². The minimum Gasteiger partial charge on any atom is -0.465 e. The van der Waals surface area contributed by atoms with E-state index < -0.39 is 12.1 Å². The van der Waals surface area contributed by atoms with Gasteiger partial charge in [-0.1, -0.05) is 0 Å². The first-order chi connectivity index (χ1) is 5.52. The Morgan fingerprint density at radius 1 is 1.50 bits per heavy atom. The summed E-state index contributed by atoms with van der Waals surface area (Å²) in [5, 5.41) is 8.79. The molecule has 4 heteroatoms. The molecule has 1 atom stereocenters. The maximum atomic E-state index is 10.7. The van der Waals surface area contributed by atoms with Gasteiger partial charge in [0.25, 0.3) is 0 Å².